The van der Waals surface area contributed by atoms with Gasteiger partial charge in [0.1, 0.15) is 5.69 Å². The van der Waals surface area contributed by atoms with Crippen molar-refractivity contribution in [2.24, 2.45) is 5.92 Å². The van der Waals surface area contributed by atoms with Crippen LogP contribution in [0.5, 0.6) is 23.0 Å². The molecule has 0 aliphatic heterocycles. The normalized spacial score (nSPS) is 12.9. The number of carbonyl (C=O) groups excluding carboxylic acids is 1. The highest BCUT2D eigenvalue weighted by Crippen LogP contribution is 2.33. The molecule has 10 nitrogen and oxygen atoms in total. The first-order chi connectivity index (χ1) is 18.5. The standard InChI is InChI=1S/C28H34N4O6/c1-35-22-10-7-18(15-24(22)36-2)13-14-29-26(33)12-9-21-28(34)30-27(32-31-21)20-8-11-23(25(16-20)37-3)38-17-19-5-4-6-19/h7-8,10-11,15-16,19H,4-6,9,12-14,17H2,1-3H3,(H,29,33)(H,30,32,34). The first-order valence-electron chi connectivity index (χ1n) is 12.8. The van der Waals surface area contributed by atoms with Gasteiger partial charge in [0.25, 0.3) is 5.56 Å². The lowest BCUT2D eigenvalue weighted by molar-refractivity contribution is -0.121. The minimum atomic E-state index is -0.377. The zero-order chi connectivity index (χ0) is 26.9. The molecule has 0 atom stereocenters. The van der Waals surface area contributed by atoms with E-state index in [1.807, 2.05) is 30.3 Å². The topological polar surface area (TPSA) is 125 Å². The van der Waals surface area contributed by atoms with E-state index in [0.29, 0.717) is 59.9 Å². The number of aromatic nitrogens is 3. The number of nitrogens with zero attached hydrogens (tertiary/aromatic N) is 2. The van der Waals surface area contributed by atoms with Gasteiger partial charge in [-0.3, -0.25) is 9.59 Å². The molecule has 0 spiro atoms. The van der Waals surface area contributed by atoms with Gasteiger partial charge < -0.3 is 29.2 Å². The number of hydrogen-bond donors (Lipinski definition) is 2. The van der Waals surface area contributed by atoms with Crippen LogP contribution in [0.4, 0.5) is 0 Å². The molecule has 0 bridgehead atoms. The molecular formula is C28H34N4O6. The third kappa shape index (κ3) is 6.81. The van der Waals surface area contributed by atoms with Crippen molar-refractivity contribution in [1.82, 2.24) is 20.5 Å². The van der Waals surface area contributed by atoms with Crippen LogP contribution in [0.2, 0.25) is 0 Å². The van der Waals surface area contributed by atoms with Crippen LogP contribution in [0, 0.1) is 5.92 Å². The third-order valence-corrected chi connectivity index (χ3v) is 6.67. The number of amides is 1. The summed E-state index contributed by atoms with van der Waals surface area (Å²) >= 11 is 0. The van der Waals surface area contributed by atoms with Crippen molar-refractivity contribution in [2.75, 3.05) is 34.5 Å². The van der Waals surface area contributed by atoms with Gasteiger partial charge >= 0.3 is 0 Å². The van der Waals surface area contributed by atoms with Crippen LogP contribution in [-0.2, 0) is 17.6 Å². The van der Waals surface area contributed by atoms with Crippen molar-refractivity contribution in [1.29, 1.82) is 0 Å². The monoisotopic (exact) mass is 522 g/mol. The van der Waals surface area contributed by atoms with E-state index in [2.05, 4.69) is 20.5 Å². The molecule has 10 heteroatoms. The second kappa shape index (κ2) is 12.9. The van der Waals surface area contributed by atoms with Crippen molar-refractivity contribution in [3.63, 3.8) is 0 Å². The molecule has 1 saturated carbocycles. The van der Waals surface area contributed by atoms with Crippen molar-refractivity contribution in [3.8, 4) is 34.4 Å². The number of benzene rings is 2. The summed E-state index contributed by atoms with van der Waals surface area (Å²) in [5.74, 6) is 3.28. The van der Waals surface area contributed by atoms with Gasteiger partial charge in [0.05, 0.1) is 27.9 Å². The molecule has 38 heavy (non-hydrogen) atoms. The fourth-order valence-electron chi connectivity index (χ4n) is 4.16. The van der Waals surface area contributed by atoms with Crippen molar-refractivity contribution in [3.05, 3.63) is 58.0 Å². The molecule has 1 aliphatic carbocycles. The van der Waals surface area contributed by atoms with Gasteiger partial charge in [-0.2, -0.15) is 0 Å². The number of hydrogen-bond acceptors (Lipinski definition) is 8. The number of ether oxygens (including phenoxy) is 4. The Kier molecular flexibility index (Phi) is 9.18. The second-order valence-electron chi connectivity index (χ2n) is 9.21. The summed E-state index contributed by atoms with van der Waals surface area (Å²) in [7, 11) is 4.74. The van der Waals surface area contributed by atoms with E-state index in [9.17, 15) is 9.59 Å². The molecule has 0 radical (unpaired) electrons. The van der Waals surface area contributed by atoms with Crippen LogP contribution >= 0.6 is 0 Å². The van der Waals surface area contributed by atoms with E-state index in [0.717, 1.165) is 5.56 Å². The molecule has 3 aromatic rings. The van der Waals surface area contributed by atoms with Crippen LogP contribution in [-0.4, -0.2) is 55.6 Å². The summed E-state index contributed by atoms with van der Waals surface area (Å²) in [6.45, 7) is 1.13. The lowest BCUT2D eigenvalue weighted by Crippen LogP contribution is -2.27. The Labute approximate surface area is 221 Å². The minimum Gasteiger partial charge on any atom is -0.493 e. The number of carbonyl (C=O) groups is 1. The van der Waals surface area contributed by atoms with E-state index in [1.54, 1.807) is 27.4 Å². The zero-order valence-electron chi connectivity index (χ0n) is 22.0. The Morgan fingerprint density at radius 3 is 2.37 bits per heavy atom. The van der Waals surface area contributed by atoms with E-state index in [1.165, 1.54) is 19.3 Å². The predicted octanol–water partition coefficient (Wildman–Crippen LogP) is 3.33. The van der Waals surface area contributed by atoms with Crippen LogP contribution in [0.3, 0.4) is 0 Å². The first kappa shape index (κ1) is 27.0. The fourth-order valence-corrected chi connectivity index (χ4v) is 4.16. The van der Waals surface area contributed by atoms with Gasteiger partial charge in [-0.1, -0.05) is 12.5 Å². The molecule has 2 N–H and O–H groups in total. The average Bonchev–Trinajstić information content (AvgIpc) is 2.91. The molecule has 0 unspecified atom stereocenters. The molecule has 0 saturated heterocycles. The Morgan fingerprint density at radius 2 is 1.68 bits per heavy atom. The van der Waals surface area contributed by atoms with E-state index >= 15 is 0 Å². The quantitative estimate of drug-likeness (QED) is 0.350. The lowest BCUT2D eigenvalue weighted by Gasteiger charge is -2.25. The second-order valence-corrected chi connectivity index (χ2v) is 9.21. The summed E-state index contributed by atoms with van der Waals surface area (Å²) in [4.78, 5) is 27.7. The van der Waals surface area contributed by atoms with Gasteiger partial charge in [-0.15, -0.1) is 10.2 Å². The number of nitrogens with one attached hydrogen (secondary N) is 2. The van der Waals surface area contributed by atoms with E-state index < -0.39 is 0 Å². The lowest BCUT2D eigenvalue weighted by atomic mass is 9.86. The highest BCUT2D eigenvalue weighted by Gasteiger charge is 2.19. The number of aryl methyl sites for hydroxylation is 1. The zero-order valence-corrected chi connectivity index (χ0v) is 22.0. The first-order valence-corrected chi connectivity index (χ1v) is 12.8. The van der Waals surface area contributed by atoms with Crippen molar-refractivity contribution in [2.45, 2.75) is 38.5 Å². The van der Waals surface area contributed by atoms with Gasteiger partial charge in [0.2, 0.25) is 5.91 Å². The Hall–Kier alpha value is -4.08. The predicted molar refractivity (Wildman–Crippen MR) is 142 cm³/mol. The summed E-state index contributed by atoms with van der Waals surface area (Å²) < 4.78 is 21.9. The molecule has 2 aromatic carbocycles. The minimum absolute atomic E-state index is 0.129. The fraction of sp³-hybridized carbons (Fsp3) is 0.429. The number of rotatable bonds is 13. The summed E-state index contributed by atoms with van der Waals surface area (Å²) in [5.41, 5.74) is 1.49. The molecular weight excluding hydrogens is 488 g/mol. The maximum Gasteiger partial charge on any atom is 0.273 e. The highest BCUT2D eigenvalue weighted by molar-refractivity contribution is 5.76. The Balaban J connectivity index is 1.28. The highest BCUT2D eigenvalue weighted by atomic mass is 16.5. The molecule has 1 fully saturated rings. The molecule has 1 aliphatic rings. The van der Waals surface area contributed by atoms with Gasteiger partial charge in [0, 0.05) is 24.9 Å². The summed E-state index contributed by atoms with van der Waals surface area (Å²) in [6.07, 6.45) is 4.60. The van der Waals surface area contributed by atoms with E-state index in [4.69, 9.17) is 18.9 Å². The number of methoxy groups -OCH3 is 3. The Bertz CT molecular complexity index is 1300. The number of H-pyrrole nitrogens is 1. The average molecular weight is 523 g/mol. The van der Waals surface area contributed by atoms with Crippen molar-refractivity contribution >= 4 is 5.91 Å². The van der Waals surface area contributed by atoms with Crippen LogP contribution in [0.1, 0.15) is 36.9 Å². The van der Waals surface area contributed by atoms with Gasteiger partial charge in [-0.25, -0.2) is 0 Å². The van der Waals surface area contributed by atoms with E-state index in [-0.39, 0.29) is 30.0 Å². The molecule has 202 valence electrons. The van der Waals surface area contributed by atoms with Gasteiger partial charge in [0.15, 0.2) is 28.8 Å². The van der Waals surface area contributed by atoms with Crippen LogP contribution in [0.15, 0.2) is 41.2 Å². The summed E-state index contributed by atoms with van der Waals surface area (Å²) in [5, 5.41) is 11.1. The SMILES string of the molecule is COc1ccc(CCNC(=O)CCc2nnc(-c3ccc(OCC4CCC4)c(OC)c3)[nH]c2=O)cc1OC. The number of aromatic amines is 1. The third-order valence-electron chi connectivity index (χ3n) is 6.67. The van der Waals surface area contributed by atoms with Crippen LogP contribution in [0.25, 0.3) is 11.4 Å². The maximum atomic E-state index is 12.6. The largest absolute Gasteiger partial charge is 0.493 e. The smallest absolute Gasteiger partial charge is 0.273 e. The summed E-state index contributed by atoms with van der Waals surface area (Å²) in [6, 6.07) is 11.0. The Morgan fingerprint density at radius 1 is 0.947 bits per heavy atom. The molecule has 1 aromatic heterocycles. The van der Waals surface area contributed by atoms with Crippen LogP contribution < -0.4 is 29.8 Å². The van der Waals surface area contributed by atoms with Crippen molar-refractivity contribution < 1.29 is 23.7 Å². The van der Waals surface area contributed by atoms with Gasteiger partial charge in [-0.05, 0) is 61.1 Å². The maximum absolute atomic E-state index is 12.6. The molecule has 1 heterocycles. The molecule has 1 amide bonds. The molecule has 4 rings (SSSR count).